The van der Waals surface area contributed by atoms with Crippen LogP contribution in [0.4, 0.5) is 13.2 Å². The van der Waals surface area contributed by atoms with E-state index in [2.05, 4.69) is 9.72 Å². The van der Waals surface area contributed by atoms with E-state index in [1.54, 1.807) is 0 Å². The van der Waals surface area contributed by atoms with Crippen molar-refractivity contribution in [2.24, 2.45) is 0 Å². The van der Waals surface area contributed by atoms with Gasteiger partial charge in [-0.1, -0.05) is 0 Å². The lowest BCUT2D eigenvalue weighted by molar-refractivity contribution is -0.137. The number of nitrogens with zero attached hydrogens (tertiary/aromatic N) is 1. The van der Waals surface area contributed by atoms with Gasteiger partial charge in [-0.05, 0) is 30.3 Å². The first-order valence-electron chi connectivity index (χ1n) is 5.79. The Morgan fingerprint density at radius 3 is 2.24 bits per heavy atom. The van der Waals surface area contributed by atoms with Gasteiger partial charge in [0.25, 0.3) is 0 Å². The first kappa shape index (κ1) is 14.8. The van der Waals surface area contributed by atoms with Gasteiger partial charge in [0.05, 0.1) is 18.2 Å². The Balaban J connectivity index is 2.10. The summed E-state index contributed by atoms with van der Waals surface area (Å²) in [5, 5.41) is 0. The van der Waals surface area contributed by atoms with Gasteiger partial charge in [-0.3, -0.25) is 0 Å². The highest BCUT2D eigenvalue weighted by Gasteiger charge is 2.30. The maximum Gasteiger partial charge on any atom is 0.417 e. The quantitative estimate of drug-likeness (QED) is 0.811. The zero-order valence-electron chi connectivity index (χ0n) is 10.8. The molecule has 0 bridgehead atoms. The number of alkyl halides is 3. The molecule has 0 saturated heterocycles. The predicted octanol–water partition coefficient (Wildman–Crippen LogP) is 3.68. The summed E-state index contributed by atoms with van der Waals surface area (Å²) >= 11 is 0. The van der Waals surface area contributed by atoms with Crippen LogP contribution >= 0.6 is 0 Å². The molecule has 7 heteroatoms. The van der Waals surface area contributed by atoms with Gasteiger partial charge in [0.1, 0.15) is 5.75 Å². The van der Waals surface area contributed by atoms with Gasteiger partial charge in [-0.25, -0.2) is 9.78 Å². The van der Waals surface area contributed by atoms with E-state index in [0.29, 0.717) is 17.5 Å². The fourth-order valence-corrected chi connectivity index (χ4v) is 1.51. The topological polar surface area (TPSA) is 48.4 Å². The van der Waals surface area contributed by atoms with E-state index in [-0.39, 0.29) is 5.88 Å². The van der Waals surface area contributed by atoms with Crippen molar-refractivity contribution in [1.82, 2.24) is 4.98 Å². The Morgan fingerprint density at radius 2 is 1.76 bits per heavy atom. The Morgan fingerprint density at radius 1 is 1.10 bits per heavy atom. The highest BCUT2D eigenvalue weighted by atomic mass is 19.4. The van der Waals surface area contributed by atoms with E-state index in [1.807, 2.05) is 0 Å². The lowest BCUT2D eigenvalue weighted by Crippen LogP contribution is -2.05. The van der Waals surface area contributed by atoms with Crippen molar-refractivity contribution in [2.75, 3.05) is 7.11 Å². The minimum Gasteiger partial charge on any atom is -0.465 e. The number of methoxy groups -OCH3 is 1. The van der Waals surface area contributed by atoms with Crippen LogP contribution in [0, 0.1) is 0 Å². The molecule has 1 aromatic heterocycles. The molecule has 0 aliphatic carbocycles. The first-order valence-corrected chi connectivity index (χ1v) is 5.79. The summed E-state index contributed by atoms with van der Waals surface area (Å²) in [4.78, 5) is 14.8. The van der Waals surface area contributed by atoms with Crippen LogP contribution in [0.1, 0.15) is 15.9 Å². The smallest absolute Gasteiger partial charge is 0.417 e. The normalized spacial score (nSPS) is 11.0. The Labute approximate surface area is 118 Å². The second-order valence-corrected chi connectivity index (χ2v) is 4.00. The molecule has 110 valence electrons. The van der Waals surface area contributed by atoms with Crippen LogP contribution in [0.2, 0.25) is 0 Å². The predicted molar refractivity (Wildman–Crippen MR) is 67.1 cm³/mol. The van der Waals surface area contributed by atoms with E-state index in [1.165, 1.54) is 31.4 Å². The monoisotopic (exact) mass is 297 g/mol. The number of halogens is 3. The van der Waals surface area contributed by atoms with Crippen LogP contribution in [0.15, 0.2) is 42.6 Å². The molecule has 0 spiro atoms. The number of hydrogen-bond donors (Lipinski definition) is 0. The zero-order valence-corrected chi connectivity index (χ0v) is 10.8. The summed E-state index contributed by atoms with van der Waals surface area (Å²) in [5.74, 6) is -0.127. The van der Waals surface area contributed by atoms with E-state index in [4.69, 9.17) is 4.74 Å². The standard InChI is InChI=1S/C14H10F3NO3/c1-20-13(19)9-2-5-11(6-3-9)21-12-7-4-10(8-18-12)14(15,16)17/h2-8H,1H3. The van der Waals surface area contributed by atoms with Crippen molar-refractivity contribution in [3.63, 3.8) is 0 Å². The van der Waals surface area contributed by atoms with E-state index < -0.39 is 17.7 Å². The van der Waals surface area contributed by atoms with Crippen molar-refractivity contribution in [3.8, 4) is 11.6 Å². The lowest BCUT2D eigenvalue weighted by Gasteiger charge is -2.08. The molecule has 4 nitrogen and oxygen atoms in total. The highest BCUT2D eigenvalue weighted by Crippen LogP contribution is 2.30. The third-order valence-electron chi connectivity index (χ3n) is 2.56. The van der Waals surface area contributed by atoms with Crippen molar-refractivity contribution < 1.29 is 27.4 Å². The van der Waals surface area contributed by atoms with Crippen LogP contribution in [0.25, 0.3) is 0 Å². The molecule has 2 aromatic rings. The molecule has 0 saturated carbocycles. The van der Waals surface area contributed by atoms with Gasteiger partial charge >= 0.3 is 12.1 Å². The summed E-state index contributed by atoms with van der Waals surface area (Å²) in [5.41, 5.74) is -0.513. The van der Waals surface area contributed by atoms with Crippen molar-refractivity contribution >= 4 is 5.97 Å². The lowest BCUT2D eigenvalue weighted by atomic mass is 10.2. The van der Waals surface area contributed by atoms with Crippen LogP contribution < -0.4 is 4.74 Å². The van der Waals surface area contributed by atoms with E-state index in [9.17, 15) is 18.0 Å². The largest absolute Gasteiger partial charge is 0.465 e. The molecular formula is C14H10F3NO3. The van der Waals surface area contributed by atoms with Crippen molar-refractivity contribution in [1.29, 1.82) is 0 Å². The van der Waals surface area contributed by atoms with Crippen molar-refractivity contribution in [2.45, 2.75) is 6.18 Å². The summed E-state index contributed by atoms with van der Waals surface area (Å²) in [6, 6.07) is 7.94. The molecule has 0 fully saturated rings. The molecule has 1 aromatic carbocycles. The number of rotatable bonds is 3. The molecule has 1 heterocycles. The minimum atomic E-state index is -4.44. The molecule has 21 heavy (non-hydrogen) atoms. The number of ether oxygens (including phenoxy) is 2. The maximum atomic E-state index is 12.4. The Kier molecular flexibility index (Phi) is 4.11. The number of aromatic nitrogens is 1. The molecule has 0 atom stereocenters. The van der Waals surface area contributed by atoms with Gasteiger partial charge in [0, 0.05) is 12.3 Å². The fourth-order valence-electron chi connectivity index (χ4n) is 1.51. The molecule has 0 amide bonds. The average Bonchev–Trinajstić information content (AvgIpc) is 2.47. The molecule has 0 aliphatic rings. The first-order chi connectivity index (χ1) is 9.90. The van der Waals surface area contributed by atoms with Gasteiger partial charge < -0.3 is 9.47 Å². The van der Waals surface area contributed by atoms with E-state index in [0.717, 1.165) is 12.1 Å². The fraction of sp³-hybridized carbons (Fsp3) is 0.143. The molecule has 0 unspecified atom stereocenters. The SMILES string of the molecule is COC(=O)c1ccc(Oc2ccc(C(F)(F)F)cn2)cc1. The summed E-state index contributed by atoms with van der Waals surface area (Å²) in [6.07, 6.45) is -3.74. The summed E-state index contributed by atoms with van der Waals surface area (Å²) in [6.45, 7) is 0. The van der Waals surface area contributed by atoms with Crippen LogP contribution in [0.3, 0.4) is 0 Å². The second kappa shape index (κ2) is 5.82. The molecular weight excluding hydrogens is 287 g/mol. The van der Waals surface area contributed by atoms with Crippen molar-refractivity contribution in [3.05, 3.63) is 53.7 Å². The number of carbonyl (C=O) groups is 1. The maximum absolute atomic E-state index is 12.4. The number of benzene rings is 1. The Hall–Kier alpha value is -2.57. The van der Waals surface area contributed by atoms with Gasteiger partial charge in [0.2, 0.25) is 5.88 Å². The van der Waals surface area contributed by atoms with Gasteiger partial charge in [0.15, 0.2) is 0 Å². The molecule has 2 rings (SSSR count). The summed E-state index contributed by atoms with van der Waals surface area (Å²) < 4.78 is 47.0. The highest BCUT2D eigenvalue weighted by molar-refractivity contribution is 5.89. The molecule has 0 radical (unpaired) electrons. The van der Waals surface area contributed by atoms with Crippen LogP contribution in [0.5, 0.6) is 11.6 Å². The second-order valence-electron chi connectivity index (χ2n) is 4.00. The van der Waals surface area contributed by atoms with E-state index >= 15 is 0 Å². The van der Waals surface area contributed by atoms with Crippen LogP contribution in [-0.2, 0) is 10.9 Å². The molecule has 0 aliphatic heterocycles. The van der Waals surface area contributed by atoms with Crippen LogP contribution in [-0.4, -0.2) is 18.1 Å². The summed E-state index contributed by atoms with van der Waals surface area (Å²) in [7, 11) is 1.26. The number of esters is 1. The Bertz CT molecular complexity index is 621. The van der Waals surface area contributed by atoms with Gasteiger partial charge in [-0.2, -0.15) is 13.2 Å². The average molecular weight is 297 g/mol. The number of pyridine rings is 1. The minimum absolute atomic E-state index is 0.0221. The number of carbonyl (C=O) groups excluding carboxylic acids is 1. The third-order valence-corrected chi connectivity index (χ3v) is 2.56. The zero-order chi connectivity index (χ0) is 15.5. The van der Waals surface area contributed by atoms with Gasteiger partial charge in [-0.15, -0.1) is 0 Å². The molecule has 0 N–H and O–H groups in total. The number of hydrogen-bond acceptors (Lipinski definition) is 4. The third kappa shape index (κ3) is 3.71.